The molecule has 0 saturated carbocycles. The van der Waals surface area contributed by atoms with E-state index in [1.165, 1.54) is 24.3 Å². The van der Waals surface area contributed by atoms with Gasteiger partial charge in [-0.25, -0.2) is 4.39 Å². The summed E-state index contributed by atoms with van der Waals surface area (Å²) in [6.45, 7) is 2.04. The van der Waals surface area contributed by atoms with Crippen molar-refractivity contribution in [2.75, 3.05) is 31.1 Å². The molecule has 8 heteroatoms. The van der Waals surface area contributed by atoms with E-state index in [0.717, 1.165) is 25.2 Å². The fraction of sp³-hybridized carbons (Fsp3) is 0.300. The van der Waals surface area contributed by atoms with E-state index in [9.17, 15) is 14.0 Å². The van der Waals surface area contributed by atoms with Gasteiger partial charge in [0.1, 0.15) is 5.82 Å². The van der Waals surface area contributed by atoms with Gasteiger partial charge in [0.25, 0.3) is 5.91 Å². The number of halogens is 3. The molecule has 0 aliphatic carbocycles. The van der Waals surface area contributed by atoms with Crippen LogP contribution >= 0.6 is 23.2 Å². The third-order valence-electron chi connectivity index (χ3n) is 4.65. The Hall–Kier alpha value is -2.31. The summed E-state index contributed by atoms with van der Waals surface area (Å²) < 4.78 is 13.0. The van der Waals surface area contributed by atoms with Gasteiger partial charge in [0.2, 0.25) is 5.91 Å². The van der Waals surface area contributed by atoms with E-state index in [4.69, 9.17) is 23.2 Å². The summed E-state index contributed by atoms with van der Waals surface area (Å²) in [5.74, 6) is -0.650. The molecule has 1 heterocycles. The predicted molar refractivity (Wildman–Crippen MR) is 109 cm³/mol. The molecule has 0 radical (unpaired) electrons. The highest BCUT2D eigenvalue weighted by Crippen LogP contribution is 2.23. The van der Waals surface area contributed by atoms with Crippen LogP contribution in [0.3, 0.4) is 0 Å². The van der Waals surface area contributed by atoms with Crippen LogP contribution in [0.4, 0.5) is 10.1 Å². The zero-order valence-electron chi connectivity index (χ0n) is 15.1. The lowest BCUT2D eigenvalue weighted by Gasteiger charge is -2.19. The molecular weight excluding hydrogens is 404 g/mol. The highest BCUT2D eigenvalue weighted by atomic mass is 35.5. The number of rotatable bonds is 6. The van der Waals surface area contributed by atoms with Gasteiger partial charge < -0.3 is 15.5 Å². The first-order valence-corrected chi connectivity index (χ1v) is 9.68. The van der Waals surface area contributed by atoms with Crippen molar-refractivity contribution in [1.29, 1.82) is 0 Å². The SMILES string of the molecule is O=C(CNC(=O)c1ccc(Cl)cc1Cl)NCC1CCN(c2ccc(F)cc2)C1. The van der Waals surface area contributed by atoms with Crippen molar-refractivity contribution < 1.29 is 14.0 Å². The summed E-state index contributed by atoms with van der Waals surface area (Å²) in [6, 6.07) is 11.0. The van der Waals surface area contributed by atoms with Crippen molar-refractivity contribution in [3.63, 3.8) is 0 Å². The van der Waals surface area contributed by atoms with Crippen LogP contribution in [0.5, 0.6) is 0 Å². The van der Waals surface area contributed by atoms with Gasteiger partial charge in [-0.1, -0.05) is 23.2 Å². The van der Waals surface area contributed by atoms with Crippen LogP contribution < -0.4 is 15.5 Å². The molecule has 1 aliphatic heterocycles. The normalized spacial score (nSPS) is 16.1. The fourth-order valence-corrected chi connectivity index (χ4v) is 3.63. The number of hydrogen-bond acceptors (Lipinski definition) is 3. The largest absolute Gasteiger partial charge is 0.371 e. The number of carbonyl (C=O) groups excluding carboxylic acids is 2. The maximum atomic E-state index is 13.0. The quantitative estimate of drug-likeness (QED) is 0.747. The van der Waals surface area contributed by atoms with E-state index >= 15 is 0 Å². The number of hydrogen-bond donors (Lipinski definition) is 2. The minimum Gasteiger partial charge on any atom is -0.371 e. The third kappa shape index (κ3) is 5.36. The summed E-state index contributed by atoms with van der Waals surface area (Å²) in [4.78, 5) is 26.3. The zero-order chi connectivity index (χ0) is 20.1. The molecular formula is C20H20Cl2FN3O2. The van der Waals surface area contributed by atoms with Crippen LogP contribution in [-0.4, -0.2) is 38.0 Å². The lowest BCUT2D eigenvalue weighted by Crippen LogP contribution is -2.39. The standard InChI is InChI=1S/C20H20Cl2FN3O2/c21-14-1-6-17(18(22)9-14)20(28)25-11-19(27)24-10-13-7-8-26(12-13)16-4-2-15(23)3-5-16/h1-6,9,13H,7-8,10-12H2,(H,24,27)(H,25,28). The number of anilines is 1. The van der Waals surface area contributed by atoms with Crippen molar-refractivity contribution >= 4 is 40.7 Å². The van der Waals surface area contributed by atoms with Crippen LogP contribution in [0.2, 0.25) is 10.0 Å². The molecule has 1 fully saturated rings. The van der Waals surface area contributed by atoms with Crippen molar-refractivity contribution in [1.82, 2.24) is 10.6 Å². The van der Waals surface area contributed by atoms with Gasteiger partial charge in [-0.15, -0.1) is 0 Å². The summed E-state index contributed by atoms with van der Waals surface area (Å²) in [5, 5.41) is 6.06. The van der Waals surface area contributed by atoms with Crippen molar-refractivity contribution in [2.45, 2.75) is 6.42 Å². The number of amides is 2. The average molecular weight is 424 g/mol. The number of nitrogens with one attached hydrogen (secondary N) is 2. The molecule has 0 aromatic heterocycles. The molecule has 1 aliphatic rings. The average Bonchev–Trinajstić information content (AvgIpc) is 3.14. The maximum absolute atomic E-state index is 13.0. The Morgan fingerprint density at radius 1 is 1.11 bits per heavy atom. The van der Waals surface area contributed by atoms with E-state index in [0.29, 0.717) is 17.5 Å². The van der Waals surface area contributed by atoms with Gasteiger partial charge in [-0.3, -0.25) is 9.59 Å². The van der Waals surface area contributed by atoms with Gasteiger partial charge in [0.15, 0.2) is 0 Å². The van der Waals surface area contributed by atoms with Gasteiger partial charge >= 0.3 is 0 Å². The van der Waals surface area contributed by atoms with Crippen molar-refractivity contribution in [3.8, 4) is 0 Å². The van der Waals surface area contributed by atoms with E-state index in [1.54, 1.807) is 18.2 Å². The smallest absolute Gasteiger partial charge is 0.253 e. The van der Waals surface area contributed by atoms with Gasteiger partial charge in [-0.05, 0) is 54.8 Å². The predicted octanol–water partition coefficient (Wildman–Crippen LogP) is 3.51. The second-order valence-electron chi connectivity index (χ2n) is 6.69. The molecule has 1 saturated heterocycles. The van der Waals surface area contributed by atoms with Crippen LogP contribution in [0, 0.1) is 11.7 Å². The minimum atomic E-state index is -0.430. The zero-order valence-corrected chi connectivity index (χ0v) is 16.6. The number of nitrogens with zero attached hydrogens (tertiary/aromatic N) is 1. The Morgan fingerprint density at radius 3 is 2.57 bits per heavy atom. The Kier molecular flexibility index (Phi) is 6.75. The van der Waals surface area contributed by atoms with Crippen LogP contribution in [0.25, 0.3) is 0 Å². The van der Waals surface area contributed by atoms with E-state index in [1.807, 2.05) is 0 Å². The van der Waals surface area contributed by atoms with E-state index in [2.05, 4.69) is 15.5 Å². The summed E-state index contributed by atoms with van der Waals surface area (Å²) in [6.07, 6.45) is 0.935. The summed E-state index contributed by atoms with van der Waals surface area (Å²) >= 11 is 11.8. The molecule has 3 rings (SSSR count). The Morgan fingerprint density at radius 2 is 1.86 bits per heavy atom. The molecule has 0 spiro atoms. The summed E-state index contributed by atoms with van der Waals surface area (Å²) in [5.41, 5.74) is 1.24. The topological polar surface area (TPSA) is 61.4 Å². The molecule has 1 unspecified atom stereocenters. The molecule has 2 amide bonds. The highest BCUT2D eigenvalue weighted by molar-refractivity contribution is 6.36. The number of benzene rings is 2. The minimum absolute atomic E-state index is 0.133. The molecule has 1 atom stereocenters. The Balaban J connectivity index is 1.41. The van der Waals surface area contributed by atoms with Crippen molar-refractivity contribution in [3.05, 3.63) is 63.9 Å². The second kappa shape index (κ2) is 9.26. The first kappa shape index (κ1) is 20.4. The third-order valence-corrected chi connectivity index (χ3v) is 5.20. The van der Waals surface area contributed by atoms with Gasteiger partial charge in [0.05, 0.1) is 17.1 Å². The van der Waals surface area contributed by atoms with Crippen LogP contribution in [0.1, 0.15) is 16.8 Å². The lowest BCUT2D eigenvalue weighted by molar-refractivity contribution is -0.120. The summed E-state index contributed by atoms with van der Waals surface area (Å²) in [7, 11) is 0. The Bertz CT molecular complexity index is 861. The Labute approximate surface area is 172 Å². The molecule has 2 aromatic carbocycles. The molecule has 148 valence electrons. The second-order valence-corrected chi connectivity index (χ2v) is 7.53. The number of carbonyl (C=O) groups is 2. The molecule has 2 N–H and O–H groups in total. The highest BCUT2D eigenvalue weighted by Gasteiger charge is 2.23. The molecule has 5 nitrogen and oxygen atoms in total. The maximum Gasteiger partial charge on any atom is 0.253 e. The van der Waals surface area contributed by atoms with E-state index < -0.39 is 5.91 Å². The van der Waals surface area contributed by atoms with Crippen LogP contribution in [0.15, 0.2) is 42.5 Å². The monoisotopic (exact) mass is 423 g/mol. The molecule has 0 bridgehead atoms. The lowest BCUT2D eigenvalue weighted by atomic mass is 10.1. The van der Waals surface area contributed by atoms with Gasteiger partial charge in [0, 0.05) is 30.3 Å². The first-order chi connectivity index (χ1) is 13.4. The molecule has 28 heavy (non-hydrogen) atoms. The van der Waals surface area contributed by atoms with Crippen molar-refractivity contribution in [2.24, 2.45) is 5.92 Å². The molecule has 2 aromatic rings. The first-order valence-electron chi connectivity index (χ1n) is 8.93. The van der Waals surface area contributed by atoms with Gasteiger partial charge in [-0.2, -0.15) is 0 Å². The fourth-order valence-electron chi connectivity index (χ4n) is 3.14. The van der Waals surface area contributed by atoms with E-state index in [-0.39, 0.29) is 28.9 Å². The van der Waals surface area contributed by atoms with Crippen LogP contribution in [-0.2, 0) is 4.79 Å².